The summed E-state index contributed by atoms with van der Waals surface area (Å²) in [5.41, 5.74) is 1.10. The number of hydrogen-bond acceptors (Lipinski definition) is 4. The van der Waals surface area contributed by atoms with Gasteiger partial charge in [-0.2, -0.15) is 23.5 Å². The third-order valence-corrected chi connectivity index (χ3v) is 5.58. The summed E-state index contributed by atoms with van der Waals surface area (Å²) in [6.07, 6.45) is 3.28. The van der Waals surface area contributed by atoms with Crippen molar-refractivity contribution in [2.24, 2.45) is 0 Å². The van der Waals surface area contributed by atoms with Crippen molar-refractivity contribution < 1.29 is 0 Å². The number of anilines is 1. The number of nitrogens with zero attached hydrogens (tertiary/aromatic N) is 2. The van der Waals surface area contributed by atoms with Crippen LogP contribution < -0.4 is 5.32 Å². The molecule has 1 unspecified atom stereocenters. The molecule has 0 aromatic carbocycles. The fourth-order valence-corrected chi connectivity index (χ4v) is 4.57. The Morgan fingerprint density at radius 1 is 1.53 bits per heavy atom. The zero-order valence-electron chi connectivity index (χ0n) is 10.6. The smallest absolute Gasteiger partial charge is 0.203 e. The highest BCUT2D eigenvalue weighted by Gasteiger charge is 2.15. The van der Waals surface area contributed by atoms with Gasteiger partial charge >= 0.3 is 0 Å². The van der Waals surface area contributed by atoms with Crippen molar-refractivity contribution in [3.63, 3.8) is 0 Å². The minimum absolute atomic E-state index is 0.737. The first-order valence-corrected chi connectivity index (χ1v) is 8.47. The third kappa shape index (κ3) is 3.85. The Morgan fingerprint density at radius 3 is 3.12 bits per heavy atom. The Hall–Kier alpha value is -0.290. The van der Waals surface area contributed by atoms with Gasteiger partial charge in [0.05, 0.1) is 5.69 Å². The van der Waals surface area contributed by atoms with Crippen LogP contribution >= 0.6 is 23.5 Å². The van der Waals surface area contributed by atoms with Crippen LogP contribution in [0.3, 0.4) is 0 Å². The average Bonchev–Trinajstić information content (AvgIpc) is 2.69. The van der Waals surface area contributed by atoms with Crippen LogP contribution in [0.2, 0.25) is 0 Å². The van der Waals surface area contributed by atoms with E-state index in [4.69, 9.17) is 0 Å². The molecule has 96 valence electrons. The largest absolute Gasteiger partial charge is 0.355 e. The van der Waals surface area contributed by atoms with E-state index in [1.54, 1.807) is 0 Å². The zero-order valence-corrected chi connectivity index (χ0v) is 12.2. The van der Waals surface area contributed by atoms with Crippen molar-refractivity contribution in [3.8, 4) is 0 Å². The molecule has 17 heavy (non-hydrogen) atoms. The first kappa shape index (κ1) is 13.1. The van der Waals surface area contributed by atoms with Gasteiger partial charge in [-0.15, -0.1) is 0 Å². The van der Waals surface area contributed by atoms with Gasteiger partial charge in [-0.05, 0) is 13.3 Å². The summed E-state index contributed by atoms with van der Waals surface area (Å²) in [4.78, 5) is 4.55. The summed E-state index contributed by atoms with van der Waals surface area (Å²) < 4.78 is 2.23. The van der Waals surface area contributed by atoms with E-state index in [9.17, 15) is 0 Å². The van der Waals surface area contributed by atoms with Gasteiger partial charge in [0.1, 0.15) is 0 Å². The van der Waals surface area contributed by atoms with E-state index < -0.39 is 0 Å². The van der Waals surface area contributed by atoms with E-state index in [2.05, 4.69) is 58.4 Å². The van der Waals surface area contributed by atoms with Crippen LogP contribution in [0.1, 0.15) is 19.0 Å². The minimum Gasteiger partial charge on any atom is -0.355 e. The predicted octanol–water partition coefficient (Wildman–Crippen LogP) is 2.86. The molecule has 2 rings (SSSR count). The molecule has 3 nitrogen and oxygen atoms in total. The van der Waals surface area contributed by atoms with E-state index >= 15 is 0 Å². The molecule has 1 N–H and O–H groups in total. The summed E-state index contributed by atoms with van der Waals surface area (Å²) in [6.45, 7) is 6.35. The lowest BCUT2D eigenvalue weighted by Gasteiger charge is -2.21. The van der Waals surface area contributed by atoms with Crippen LogP contribution in [0, 0.1) is 6.92 Å². The molecule has 0 radical (unpaired) electrons. The molecule has 5 heteroatoms. The van der Waals surface area contributed by atoms with Crippen LogP contribution in [0.25, 0.3) is 0 Å². The molecule has 0 saturated carbocycles. The lowest BCUT2D eigenvalue weighted by Crippen LogP contribution is -2.24. The molecule has 1 atom stereocenters. The van der Waals surface area contributed by atoms with Gasteiger partial charge in [-0.25, -0.2) is 4.98 Å². The number of thioether (sulfide) groups is 2. The van der Waals surface area contributed by atoms with Crippen molar-refractivity contribution >= 4 is 29.5 Å². The van der Waals surface area contributed by atoms with E-state index in [1.807, 2.05) is 0 Å². The Bertz CT molecular complexity index is 346. The summed E-state index contributed by atoms with van der Waals surface area (Å²) in [7, 11) is 0. The highest BCUT2D eigenvalue weighted by molar-refractivity contribution is 8.06. The van der Waals surface area contributed by atoms with Gasteiger partial charge < -0.3 is 9.88 Å². The van der Waals surface area contributed by atoms with Gasteiger partial charge in [0, 0.05) is 41.8 Å². The van der Waals surface area contributed by atoms with E-state index in [-0.39, 0.29) is 0 Å². The summed E-state index contributed by atoms with van der Waals surface area (Å²) in [5.74, 6) is 4.91. The van der Waals surface area contributed by atoms with Crippen molar-refractivity contribution in [2.45, 2.75) is 32.1 Å². The molecule has 0 aliphatic carbocycles. The maximum absolute atomic E-state index is 4.55. The summed E-state index contributed by atoms with van der Waals surface area (Å²) in [5, 5.41) is 4.24. The van der Waals surface area contributed by atoms with E-state index in [0.29, 0.717) is 0 Å². The Balaban J connectivity index is 1.88. The predicted molar refractivity (Wildman–Crippen MR) is 79.3 cm³/mol. The molecular weight excluding hydrogens is 250 g/mol. The molecule has 1 fully saturated rings. The van der Waals surface area contributed by atoms with Gasteiger partial charge in [0.2, 0.25) is 5.95 Å². The normalized spacial score (nSPS) is 20.5. The molecule has 2 heterocycles. The SMILES string of the molecule is CCCn1cc(C)nc1NCC1CSCCS1. The lowest BCUT2D eigenvalue weighted by atomic mass is 10.4. The van der Waals surface area contributed by atoms with Gasteiger partial charge in [-0.1, -0.05) is 6.92 Å². The van der Waals surface area contributed by atoms with Gasteiger partial charge in [0.15, 0.2) is 0 Å². The quantitative estimate of drug-likeness (QED) is 0.892. The lowest BCUT2D eigenvalue weighted by molar-refractivity contribution is 0.681. The monoisotopic (exact) mass is 271 g/mol. The van der Waals surface area contributed by atoms with Gasteiger partial charge in [-0.3, -0.25) is 0 Å². The minimum atomic E-state index is 0.737. The number of rotatable bonds is 5. The standard InChI is InChI=1S/C12H21N3S2/c1-3-4-15-8-10(2)14-12(15)13-7-11-9-16-5-6-17-11/h8,11H,3-7,9H2,1-2H3,(H,13,14). The Labute approximate surface area is 112 Å². The molecule has 1 aliphatic heterocycles. The average molecular weight is 271 g/mol. The highest BCUT2D eigenvalue weighted by atomic mass is 32.2. The topological polar surface area (TPSA) is 29.9 Å². The van der Waals surface area contributed by atoms with E-state index in [0.717, 1.165) is 36.4 Å². The van der Waals surface area contributed by atoms with Gasteiger partial charge in [0.25, 0.3) is 0 Å². The van der Waals surface area contributed by atoms with E-state index in [1.165, 1.54) is 17.3 Å². The number of aromatic nitrogens is 2. The molecular formula is C12H21N3S2. The first-order chi connectivity index (χ1) is 8.29. The Morgan fingerprint density at radius 2 is 2.41 bits per heavy atom. The fraction of sp³-hybridized carbons (Fsp3) is 0.750. The maximum atomic E-state index is 4.55. The second-order valence-electron chi connectivity index (χ2n) is 4.35. The maximum Gasteiger partial charge on any atom is 0.203 e. The molecule has 1 saturated heterocycles. The van der Waals surface area contributed by atoms with Crippen LogP contribution in [0.5, 0.6) is 0 Å². The van der Waals surface area contributed by atoms with Crippen molar-refractivity contribution in [1.82, 2.24) is 9.55 Å². The summed E-state index contributed by atoms with van der Waals surface area (Å²) in [6, 6.07) is 0. The molecule has 0 bridgehead atoms. The zero-order chi connectivity index (χ0) is 12.1. The number of imidazole rings is 1. The number of aryl methyl sites for hydroxylation is 2. The Kier molecular flexibility index (Phi) is 5.10. The summed E-state index contributed by atoms with van der Waals surface area (Å²) >= 11 is 4.16. The fourth-order valence-electron chi connectivity index (χ4n) is 1.96. The van der Waals surface area contributed by atoms with Crippen molar-refractivity contribution in [2.75, 3.05) is 29.1 Å². The second kappa shape index (κ2) is 6.59. The number of hydrogen-bond donors (Lipinski definition) is 1. The van der Waals surface area contributed by atoms with Crippen molar-refractivity contribution in [3.05, 3.63) is 11.9 Å². The second-order valence-corrected chi connectivity index (χ2v) is 6.91. The van der Waals surface area contributed by atoms with Crippen LogP contribution in [-0.2, 0) is 6.54 Å². The molecule has 1 aliphatic rings. The highest BCUT2D eigenvalue weighted by Crippen LogP contribution is 2.24. The van der Waals surface area contributed by atoms with Crippen molar-refractivity contribution in [1.29, 1.82) is 0 Å². The molecule has 0 spiro atoms. The molecule has 0 amide bonds. The first-order valence-electron chi connectivity index (χ1n) is 6.26. The van der Waals surface area contributed by atoms with Crippen LogP contribution in [0.15, 0.2) is 6.20 Å². The molecule has 1 aromatic rings. The third-order valence-electron chi connectivity index (χ3n) is 2.73. The number of nitrogens with one attached hydrogen (secondary N) is 1. The van der Waals surface area contributed by atoms with Crippen LogP contribution in [-0.4, -0.2) is 38.6 Å². The van der Waals surface area contributed by atoms with Crippen LogP contribution in [0.4, 0.5) is 5.95 Å². The molecule has 1 aromatic heterocycles.